The maximum Gasteiger partial charge on any atom is 0.306 e. The summed E-state index contributed by atoms with van der Waals surface area (Å²) in [5, 5.41) is 0. The normalized spacial score (nSPS) is 12.2. The second-order valence-corrected chi connectivity index (χ2v) is 20.6. The van der Waals surface area contributed by atoms with Crippen molar-refractivity contribution in [2.75, 3.05) is 13.2 Å². The molecule has 0 N–H and O–H groups in total. The summed E-state index contributed by atoms with van der Waals surface area (Å²) >= 11 is 0. The molecule has 69 heavy (non-hydrogen) atoms. The van der Waals surface area contributed by atoms with Crippen molar-refractivity contribution in [3.05, 3.63) is 36.5 Å². The number of hydrogen-bond acceptors (Lipinski definition) is 6. The lowest BCUT2D eigenvalue weighted by Gasteiger charge is -2.18. The Morgan fingerprint density at radius 2 is 0.522 bits per heavy atom. The van der Waals surface area contributed by atoms with Crippen LogP contribution >= 0.6 is 0 Å². The molecular weight excluding hydrogens is 853 g/mol. The van der Waals surface area contributed by atoms with Crippen LogP contribution in [-0.2, 0) is 28.6 Å². The maximum atomic E-state index is 12.8. The number of hydrogen-bond donors (Lipinski definition) is 0. The number of carbonyl (C=O) groups excluding carboxylic acids is 3. The van der Waals surface area contributed by atoms with Crippen LogP contribution < -0.4 is 0 Å². The van der Waals surface area contributed by atoms with Crippen LogP contribution in [0.25, 0.3) is 0 Å². The van der Waals surface area contributed by atoms with E-state index in [0.29, 0.717) is 19.3 Å². The lowest BCUT2D eigenvalue weighted by Crippen LogP contribution is -2.30. The van der Waals surface area contributed by atoms with Crippen LogP contribution in [0.5, 0.6) is 0 Å². The highest BCUT2D eigenvalue weighted by Gasteiger charge is 2.19. The molecule has 0 aromatic rings. The molecule has 0 fully saturated rings. The predicted molar refractivity (Wildman–Crippen MR) is 298 cm³/mol. The lowest BCUT2D eigenvalue weighted by atomic mass is 10.0. The van der Waals surface area contributed by atoms with Crippen molar-refractivity contribution in [1.82, 2.24) is 0 Å². The molecule has 6 nitrogen and oxygen atoms in total. The molecule has 0 bridgehead atoms. The first-order valence-electron chi connectivity index (χ1n) is 30.5. The molecule has 0 saturated carbocycles. The average Bonchev–Trinajstić information content (AvgIpc) is 3.35. The van der Waals surface area contributed by atoms with Gasteiger partial charge in [-0.3, -0.25) is 14.4 Å². The number of rotatable bonds is 56. The first-order valence-corrected chi connectivity index (χ1v) is 30.5. The standard InChI is InChI=1S/C63H116O6/c1-4-7-10-13-16-19-22-24-26-27-28-29-30-31-32-33-34-35-37-38-41-44-47-50-53-56-62(65)68-59-60(58-67-61(64)55-52-49-46-43-40-21-18-15-12-9-6-3)69-63(66)57-54-51-48-45-42-39-36-25-23-20-17-14-11-8-5-2/h22,24,27-28,30-31,60H,4-21,23,25-26,29,32-59H2,1-3H3/b24-22-,28-27-,31-30-. The molecule has 1 unspecified atom stereocenters. The molecule has 0 amide bonds. The molecule has 404 valence electrons. The topological polar surface area (TPSA) is 78.9 Å². The van der Waals surface area contributed by atoms with E-state index in [1.165, 1.54) is 218 Å². The number of unbranched alkanes of at least 4 members (excludes halogenated alkanes) is 39. The Hall–Kier alpha value is -2.37. The zero-order chi connectivity index (χ0) is 50.0. The third kappa shape index (κ3) is 56.4. The lowest BCUT2D eigenvalue weighted by molar-refractivity contribution is -0.167. The Morgan fingerprint density at radius 3 is 0.812 bits per heavy atom. The van der Waals surface area contributed by atoms with Gasteiger partial charge in [0, 0.05) is 19.3 Å². The monoisotopic (exact) mass is 969 g/mol. The molecule has 0 aliphatic carbocycles. The highest BCUT2D eigenvalue weighted by molar-refractivity contribution is 5.71. The van der Waals surface area contributed by atoms with E-state index in [4.69, 9.17) is 14.2 Å². The van der Waals surface area contributed by atoms with Gasteiger partial charge in [-0.1, -0.05) is 288 Å². The smallest absolute Gasteiger partial charge is 0.306 e. The largest absolute Gasteiger partial charge is 0.462 e. The van der Waals surface area contributed by atoms with Crippen molar-refractivity contribution in [2.24, 2.45) is 0 Å². The fourth-order valence-electron chi connectivity index (χ4n) is 9.04. The average molecular weight is 970 g/mol. The van der Waals surface area contributed by atoms with Crippen LogP contribution in [0.1, 0.15) is 329 Å². The van der Waals surface area contributed by atoms with Crippen LogP contribution in [-0.4, -0.2) is 37.2 Å². The van der Waals surface area contributed by atoms with Crippen LogP contribution in [0.15, 0.2) is 36.5 Å². The van der Waals surface area contributed by atoms with Crippen molar-refractivity contribution in [3.8, 4) is 0 Å². The third-order valence-corrected chi connectivity index (χ3v) is 13.6. The van der Waals surface area contributed by atoms with Crippen molar-refractivity contribution in [1.29, 1.82) is 0 Å². The van der Waals surface area contributed by atoms with Crippen molar-refractivity contribution in [3.63, 3.8) is 0 Å². The first kappa shape index (κ1) is 66.6. The molecule has 0 radical (unpaired) electrons. The summed E-state index contributed by atoms with van der Waals surface area (Å²) in [6.07, 6.45) is 70.0. The molecular formula is C63H116O6. The number of carbonyl (C=O) groups is 3. The van der Waals surface area contributed by atoms with Gasteiger partial charge in [-0.05, 0) is 57.8 Å². The van der Waals surface area contributed by atoms with E-state index in [9.17, 15) is 14.4 Å². The number of allylic oxidation sites excluding steroid dienone is 6. The predicted octanol–water partition coefficient (Wildman–Crippen LogP) is 20.4. The minimum Gasteiger partial charge on any atom is -0.462 e. The van der Waals surface area contributed by atoms with Gasteiger partial charge < -0.3 is 14.2 Å². The number of ether oxygens (including phenoxy) is 3. The Bertz CT molecular complexity index is 1160. The summed E-state index contributed by atoms with van der Waals surface area (Å²) in [6.45, 7) is 6.66. The summed E-state index contributed by atoms with van der Waals surface area (Å²) in [7, 11) is 0. The molecule has 0 aliphatic heterocycles. The van der Waals surface area contributed by atoms with Gasteiger partial charge in [0.25, 0.3) is 0 Å². The molecule has 0 aromatic carbocycles. The van der Waals surface area contributed by atoms with Gasteiger partial charge in [0.15, 0.2) is 6.10 Å². The second-order valence-electron chi connectivity index (χ2n) is 20.6. The van der Waals surface area contributed by atoms with Gasteiger partial charge in [0.2, 0.25) is 0 Å². The Morgan fingerprint density at radius 1 is 0.290 bits per heavy atom. The zero-order valence-corrected chi connectivity index (χ0v) is 46.3. The summed E-state index contributed by atoms with van der Waals surface area (Å²) < 4.78 is 16.9. The summed E-state index contributed by atoms with van der Waals surface area (Å²) in [6, 6.07) is 0. The Kier molecular flexibility index (Phi) is 56.2. The van der Waals surface area contributed by atoms with Gasteiger partial charge in [0.1, 0.15) is 13.2 Å². The van der Waals surface area contributed by atoms with Crippen LogP contribution in [0.4, 0.5) is 0 Å². The van der Waals surface area contributed by atoms with E-state index in [1.54, 1.807) is 0 Å². The summed E-state index contributed by atoms with van der Waals surface area (Å²) in [5.74, 6) is -0.852. The van der Waals surface area contributed by atoms with E-state index in [-0.39, 0.29) is 31.1 Å². The zero-order valence-electron chi connectivity index (χ0n) is 46.3. The molecule has 0 rings (SSSR count). The molecule has 6 heteroatoms. The van der Waals surface area contributed by atoms with Crippen LogP contribution in [0, 0.1) is 0 Å². The molecule has 0 spiro atoms. The minimum absolute atomic E-state index is 0.0680. The van der Waals surface area contributed by atoms with E-state index >= 15 is 0 Å². The van der Waals surface area contributed by atoms with E-state index in [2.05, 4.69) is 57.2 Å². The van der Waals surface area contributed by atoms with E-state index in [1.807, 2.05) is 0 Å². The van der Waals surface area contributed by atoms with E-state index < -0.39 is 6.10 Å². The molecule has 0 heterocycles. The minimum atomic E-state index is -0.768. The van der Waals surface area contributed by atoms with Crippen LogP contribution in [0.2, 0.25) is 0 Å². The SMILES string of the molecule is CCCCCCC/C=C\C/C=C\C/C=C\CCCCCCCCCCCCC(=O)OCC(COC(=O)CCCCCCCCCCCCC)OC(=O)CCCCCCCCCCCCCCCCC. The highest BCUT2D eigenvalue weighted by Crippen LogP contribution is 2.17. The summed E-state index contributed by atoms with van der Waals surface area (Å²) in [5.41, 5.74) is 0. The molecule has 0 saturated heterocycles. The van der Waals surface area contributed by atoms with Gasteiger partial charge in [-0.15, -0.1) is 0 Å². The van der Waals surface area contributed by atoms with Crippen LogP contribution in [0.3, 0.4) is 0 Å². The fourth-order valence-corrected chi connectivity index (χ4v) is 9.04. The van der Waals surface area contributed by atoms with Crippen molar-refractivity contribution in [2.45, 2.75) is 335 Å². The van der Waals surface area contributed by atoms with Gasteiger partial charge in [-0.25, -0.2) is 0 Å². The summed E-state index contributed by atoms with van der Waals surface area (Å²) in [4.78, 5) is 38.1. The molecule has 0 aliphatic rings. The third-order valence-electron chi connectivity index (χ3n) is 13.6. The van der Waals surface area contributed by atoms with E-state index in [0.717, 1.165) is 70.6 Å². The van der Waals surface area contributed by atoms with Crippen molar-refractivity contribution < 1.29 is 28.6 Å². The van der Waals surface area contributed by atoms with Gasteiger partial charge in [-0.2, -0.15) is 0 Å². The van der Waals surface area contributed by atoms with Gasteiger partial charge in [0.05, 0.1) is 0 Å². The highest BCUT2D eigenvalue weighted by atomic mass is 16.6. The molecule has 0 aromatic heterocycles. The van der Waals surface area contributed by atoms with Crippen molar-refractivity contribution >= 4 is 17.9 Å². The Labute approximate surface area is 429 Å². The number of esters is 3. The van der Waals surface area contributed by atoms with Gasteiger partial charge >= 0.3 is 17.9 Å². The molecule has 1 atom stereocenters. The fraction of sp³-hybridized carbons (Fsp3) is 0.857. The second kappa shape index (κ2) is 58.2. The first-order chi connectivity index (χ1) is 34.0. The maximum absolute atomic E-state index is 12.8. The quantitative estimate of drug-likeness (QED) is 0.0261. The Balaban J connectivity index is 4.23.